The van der Waals surface area contributed by atoms with E-state index in [4.69, 9.17) is 4.98 Å². The van der Waals surface area contributed by atoms with Crippen molar-refractivity contribution in [1.82, 2.24) is 14.9 Å². The Morgan fingerprint density at radius 3 is 3.00 bits per heavy atom. The fourth-order valence-corrected chi connectivity index (χ4v) is 2.45. The van der Waals surface area contributed by atoms with Crippen LogP contribution in [0.15, 0.2) is 0 Å². The molecular formula is C12H21N3. The molecule has 1 unspecified atom stereocenters. The fourth-order valence-electron chi connectivity index (χ4n) is 2.45. The maximum Gasteiger partial charge on any atom is 0.108 e. The van der Waals surface area contributed by atoms with Crippen LogP contribution in [0.2, 0.25) is 0 Å². The van der Waals surface area contributed by atoms with Crippen LogP contribution >= 0.6 is 0 Å². The third kappa shape index (κ3) is 1.93. The predicted octanol–water partition coefficient (Wildman–Crippen LogP) is 1.75. The van der Waals surface area contributed by atoms with E-state index in [1.807, 2.05) is 7.05 Å². The average molecular weight is 207 g/mol. The van der Waals surface area contributed by atoms with Gasteiger partial charge in [-0.05, 0) is 25.8 Å². The van der Waals surface area contributed by atoms with Crippen LogP contribution in [0.5, 0.6) is 0 Å². The van der Waals surface area contributed by atoms with Crippen LogP contribution in [0, 0.1) is 5.92 Å². The van der Waals surface area contributed by atoms with E-state index in [1.165, 1.54) is 30.1 Å². The summed E-state index contributed by atoms with van der Waals surface area (Å²) < 4.78 is 2.45. The molecule has 0 saturated carbocycles. The second kappa shape index (κ2) is 4.35. The van der Waals surface area contributed by atoms with Gasteiger partial charge in [-0.2, -0.15) is 0 Å². The Balaban J connectivity index is 2.35. The lowest BCUT2D eigenvalue weighted by Gasteiger charge is -2.22. The Hall–Kier alpha value is -0.830. The lowest BCUT2D eigenvalue weighted by Crippen LogP contribution is -2.20. The molecule has 0 aromatic carbocycles. The molecule has 1 aliphatic rings. The SMILES string of the molecule is CCc1nc(CNC)c2n1CC(C)CC2. The monoisotopic (exact) mass is 207 g/mol. The van der Waals surface area contributed by atoms with Crippen molar-refractivity contribution in [3.8, 4) is 0 Å². The van der Waals surface area contributed by atoms with Gasteiger partial charge in [-0.1, -0.05) is 13.8 Å². The number of nitrogens with zero attached hydrogens (tertiary/aromatic N) is 2. The van der Waals surface area contributed by atoms with Gasteiger partial charge in [-0.25, -0.2) is 4.98 Å². The van der Waals surface area contributed by atoms with Crippen LogP contribution in [-0.2, 0) is 25.9 Å². The van der Waals surface area contributed by atoms with Gasteiger partial charge in [0.05, 0.1) is 5.69 Å². The molecule has 0 saturated heterocycles. The molecule has 2 heterocycles. The van der Waals surface area contributed by atoms with Gasteiger partial charge in [-0.3, -0.25) is 0 Å². The molecule has 1 atom stereocenters. The number of nitrogens with one attached hydrogen (secondary N) is 1. The summed E-state index contributed by atoms with van der Waals surface area (Å²) in [7, 11) is 1.99. The van der Waals surface area contributed by atoms with Gasteiger partial charge in [0.15, 0.2) is 0 Å². The van der Waals surface area contributed by atoms with E-state index in [0.717, 1.165) is 25.4 Å². The Kier molecular flexibility index (Phi) is 3.10. The topological polar surface area (TPSA) is 29.9 Å². The Morgan fingerprint density at radius 1 is 1.53 bits per heavy atom. The highest BCUT2D eigenvalue weighted by Crippen LogP contribution is 2.24. The van der Waals surface area contributed by atoms with Crippen molar-refractivity contribution in [3.05, 3.63) is 17.2 Å². The van der Waals surface area contributed by atoms with E-state index in [0.29, 0.717) is 0 Å². The van der Waals surface area contributed by atoms with Crippen molar-refractivity contribution in [1.29, 1.82) is 0 Å². The summed E-state index contributed by atoms with van der Waals surface area (Å²) in [6.07, 6.45) is 3.56. The van der Waals surface area contributed by atoms with Crippen molar-refractivity contribution in [2.24, 2.45) is 5.92 Å². The molecular weight excluding hydrogens is 186 g/mol. The standard InChI is InChI=1S/C12H21N3/c1-4-12-14-10(7-13-3)11-6-5-9(2)8-15(11)12/h9,13H,4-8H2,1-3H3. The highest BCUT2D eigenvalue weighted by molar-refractivity contribution is 5.19. The van der Waals surface area contributed by atoms with Crippen molar-refractivity contribution in [2.45, 2.75) is 46.2 Å². The van der Waals surface area contributed by atoms with Crippen molar-refractivity contribution in [2.75, 3.05) is 7.05 Å². The summed E-state index contributed by atoms with van der Waals surface area (Å²) in [4.78, 5) is 4.73. The lowest BCUT2D eigenvalue weighted by molar-refractivity contribution is 0.390. The minimum absolute atomic E-state index is 0.805. The van der Waals surface area contributed by atoms with E-state index in [2.05, 4.69) is 23.7 Å². The zero-order chi connectivity index (χ0) is 10.8. The van der Waals surface area contributed by atoms with Crippen molar-refractivity contribution >= 4 is 0 Å². The molecule has 1 N–H and O–H groups in total. The second-order valence-electron chi connectivity index (χ2n) is 4.56. The number of hydrogen-bond acceptors (Lipinski definition) is 2. The Labute approximate surface area is 91.9 Å². The van der Waals surface area contributed by atoms with Crippen LogP contribution in [0.25, 0.3) is 0 Å². The largest absolute Gasteiger partial charge is 0.331 e. The highest BCUT2D eigenvalue weighted by atomic mass is 15.1. The van der Waals surface area contributed by atoms with E-state index in [9.17, 15) is 0 Å². The predicted molar refractivity (Wildman–Crippen MR) is 61.9 cm³/mol. The fraction of sp³-hybridized carbons (Fsp3) is 0.750. The number of fused-ring (bicyclic) bond motifs is 1. The summed E-state index contributed by atoms with van der Waals surface area (Å²) in [5, 5.41) is 3.21. The summed E-state index contributed by atoms with van der Waals surface area (Å²) in [5.74, 6) is 2.07. The maximum absolute atomic E-state index is 4.73. The quantitative estimate of drug-likeness (QED) is 0.818. The van der Waals surface area contributed by atoms with Gasteiger partial charge in [0.1, 0.15) is 5.82 Å². The third-order valence-electron chi connectivity index (χ3n) is 3.26. The van der Waals surface area contributed by atoms with Crippen molar-refractivity contribution < 1.29 is 0 Å². The molecule has 15 heavy (non-hydrogen) atoms. The second-order valence-corrected chi connectivity index (χ2v) is 4.56. The molecule has 1 aromatic heterocycles. The van der Waals surface area contributed by atoms with E-state index in [-0.39, 0.29) is 0 Å². The Bertz CT molecular complexity index is 341. The smallest absolute Gasteiger partial charge is 0.108 e. The molecule has 2 rings (SSSR count). The lowest BCUT2D eigenvalue weighted by atomic mass is 9.99. The number of rotatable bonds is 3. The number of aromatic nitrogens is 2. The van der Waals surface area contributed by atoms with E-state index >= 15 is 0 Å². The zero-order valence-corrected chi connectivity index (χ0v) is 10.0. The van der Waals surface area contributed by atoms with Gasteiger partial charge in [0, 0.05) is 25.2 Å². The zero-order valence-electron chi connectivity index (χ0n) is 10.0. The Morgan fingerprint density at radius 2 is 2.33 bits per heavy atom. The van der Waals surface area contributed by atoms with Gasteiger partial charge in [0.25, 0.3) is 0 Å². The van der Waals surface area contributed by atoms with Gasteiger partial charge in [0.2, 0.25) is 0 Å². The molecule has 0 fully saturated rings. The molecule has 84 valence electrons. The summed E-state index contributed by atoms with van der Waals surface area (Å²) in [6, 6.07) is 0. The first-order valence-electron chi connectivity index (χ1n) is 5.98. The van der Waals surface area contributed by atoms with Crippen LogP contribution in [-0.4, -0.2) is 16.6 Å². The van der Waals surface area contributed by atoms with Crippen molar-refractivity contribution in [3.63, 3.8) is 0 Å². The first kappa shape index (κ1) is 10.7. The van der Waals surface area contributed by atoms with Crippen LogP contribution in [0.4, 0.5) is 0 Å². The molecule has 0 amide bonds. The molecule has 3 heteroatoms. The van der Waals surface area contributed by atoms with Crippen LogP contribution in [0.1, 0.15) is 37.5 Å². The molecule has 3 nitrogen and oxygen atoms in total. The number of aryl methyl sites for hydroxylation is 1. The highest BCUT2D eigenvalue weighted by Gasteiger charge is 2.21. The van der Waals surface area contributed by atoms with Gasteiger partial charge >= 0.3 is 0 Å². The van der Waals surface area contributed by atoms with Crippen LogP contribution < -0.4 is 5.32 Å². The first-order chi connectivity index (χ1) is 7.26. The summed E-state index contributed by atoms with van der Waals surface area (Å²) >= 11 is 0. The van der Waals surface area contributed by atoms with Crippen LogP contribution in [0.3, 0.4) is 0 Å². The summed E-state index contributed by atoms with van der Waals surface area (Å²) in [6.45, 7) is 6.59. The van der Waals surface area contributed by atoms with Gasteiger partial charge in [-0.15, -0.1) is 0 Å². The molecule has 1 aromatic rings. The minimum atomic E-state index is 0.805. The van der Waals surface area contributed by atoms with E-state index in [1.54, 1.807) is 0 Å². The number of imidazole rings is 1. The maximum atomic E-state index is 4.73. The van der Waals surface area contributed by atoms with Gasteiger partial charge < -0.3 is 9.88 Å². The summed E-state index contributed by atoms with van der Waals surface area (Å²) in [5.41, 5.74) is 2.74. The molecule has 0 radical (unpaired) electrons. The number of hydrogen-bond donors (Lipinski definition) is 1. The first-order valence-corrected chi connectivity index (χ1v) is 5.98. The van der Waals surface area contributed by atoms with E-state index < -0.39 is 0 Å². The minimum Gasteiger partial charge on any atom is -0.331 e. The molecule has 0 spiro atoms. The normalized spacial score (nSPS) is 20.3. The molecule has 0 bridgehead atoms. The third-order valence-corrected chi connectivity index (χ3v) is 3.26. The average Bonchev–Trinajstić information content (AvgIpc) is 2.56. The molecule has 0 aliphatic carbocycles. The molecule has 1 aliphatic heterocycles.